The summed E-state index contributed by atoms with van der Waals surface area (Å²) in [6.07, 6.45) is 18.8. The molecular weight excluding hydrogens is 610 g/mol. The molecule has 0 spiro atoms. The molecule has 264 valence electrons. The monoisotopic (exact) mass is 667 g/mol. The van der Waals surface area contributed by atoms with Crippen LogP contribution in [0.3, 0.4) is 0 Å². The first kappa shape index (κ1) is 40.7. The normalized spacial score (nSPS) is 13.8. The number of esters is 1. The summed E-state index contributed by atoms with van der Waals surface area (Å²) in [4.78, 5) is 38.1. The average Bonchev–Trinajstić information content (AvgIpc) is 3.07. The van der Waals surface area contributed by atoms with E-state index in [-0.39, 0.29) is 6.42 Å². The Morgan fingerprint density at radius 1 is 0.612 bits per heavy atom. The second kappa shape index (κ2) is 23.0. The fraction of sp³-hybridized carbons (Fsp3) is 0.419. The summed E-state index contributed by atoms with van der Waals surface area (Å²) in [6, 6.07) is 16.2. The summed E-state index contributed by atoms with van der Waals surface area (Å²) in [5.74, 6) is -2.41. The van der Waals surface area contributed by atoms with Gasteiger partial charge in [-0.3, -0.25) is 9.59 Å². The van der Waals surface area contributed by atoms with E-state index >= 15 is 0 Å². The number of aliphatic carboxylic acids is 1. The summed E-state index contributed by atoms with van der Waals surface area (Å²) >= 11 is 0. The van der Waals surface area contributed by atoms with Crippen molar-refractivity contribution in [1.29, 1.82) is 0 Å². The minimum Gasteiger partial charge on any atom is -0.478 e. The lowest BCUT2D eigenvalue weighted by Gasteiger charge is -2.25. The number of carbonyl (C=O) groups is 3. The number of carbonyl (C=O) groups excluding carboxylic acids is 2. The molecule has 0 fully saturated rings. The fourth-order valence-electron chi connectivity index (χ4n) is 5.32. The van der Waals surface area contributed by atoms with Gasteiger partial charge >= 0.3 is 11.9 Å². The van der Waals surface area contributed by atoms with E-state index in [1.165, 1.54) is 22.3 Å². The fourth-order valence-corrected chi connectivity index (χ4v) is 5.32. The molecule has 1 amide bonds. The van der Waals surface area contributed by atoms with Crippen LogP contribution in [-0.4, -0.2) is 29.1 Å². The molecule has 0 heterocycles. The summed E-state index contributed by atoms with van der Waals surface area (Å²) < 4.78 is 5.48. The van der Waals surface area contributed by atoms with Crippen molar-refractivity contribution in [2.24, 2.45) is 0 Å². The molecule has 2 aromatic carbocycles. The SMILES string of the molecule is CC(C)=CCCC(C)=CCCC(C)=CCCC=C(C)CCC=C(C)CCC(=O)OC(C(=O)O)[C@@H](NC(=O)c1ccccc1)c1ccccc1. The summed E-state index contributed by atoms with van der Waals surface area (Å²) in [5.41, 5.74) is 7.60. The van der Waals surface area contributed by atoms with Gasteiger partial charge in [0.25, 0.3) is 5.91 Å². The molecule has 2 atom stereocenters. The zero-order valence-electron chi connectivity index (χ0n) is 30.5. The van der Waals surface area contributed by atoms with Crippen LogP contribution in [-0.2, 0) is 14.3 Å². The smallest absolute Gasteiger partial charge is 0.347 e. The first-order valence-electron chi connectivity index (χ1n) is 17.5. The number of carboxylic acids is 1. The maximum Gasteiger partial charge on any atom is 0.347 e. The number of amides is 1. The van der Waals surface area contributed by atoms with Crippen molar-refractivity contribution in [3.05, 3.63) is 130 Å². The third kappa shape index (κ3) is 17.5. The van der Waals surface area contributed by atoms with E-state index in [0.717, 1.165) is 56.9 Å². The van der Waals surface area contributed by atoms with Gasteiger partial charge in [-0.2, -0.15) is 0 Å². The Morgan fingerprint density at radius 3 is 1.55 bits per heavy atom. The molecule has 6 heteroatoms. The molecule has 0 aliphatic carbocycles. The molecule has 1 unspecified atom stereocenters. The summed E-state index contributed by atoms with van der Waals surface area (Å²) in [5, 5.41) is 12.8. The van der Waals surface area contributed by atoms with Gasteiger partial charge in [0.15, 0.2) is 0 Å². The predicted molar refractivity (Wildman–Crippen MR) is 201 cm³/mol. The van der Waals surface area contributed by atoms with Crippen molar-refractivity contribution < 1.29 is 24.2 Å². The standard InChI is InChI=1S/C43H57NO5/c1-32(2)18-15-21-35(5)24-16-22-33(3)19-13-14-20-34(4)23-17-25-36(6)30-31-39(45)49-41(43(47)48)40(37-26-9-7-10-27-37)44-42(46)38-28-11-8-12-29-38/h7-12,18-20,24-29,40-41H,13-17,21-23,30-31H2,1-6H3,(H,44,46)(H,47,48)/t40-,41?/m0/s1. The Bertz CT molecular complexity index is 1480. The number of benzene rings is 2. The van der Waals surface area contributed by atoms with E-state index in [1.54, 1.807) is 60.7 Å². The Morgan fingerprint density at radius 2 is 1.06 bits per heavy atom. The Labute approximate surface area is 294 Å². The lowest BCUT2D eigenvalue weighted by atomic mass is 10.00. The molecular formula is C43H57NO5. The van der Waals surface area contributed by atoms with E-state index < -0.39 is 30.0 Å². The lowest BCUT2D eigenvalue weighted by molar-refractivity contribution is -0.166. The molecule has 2 N–H and O–H groups in total. The Hall–Kier alpha value is -4.45. The molecule has 6 nitrogen and oxygen atoms in total. The Kier molecular flexibility index (Phi) is 19.1. The number of rotatable bonds is 21. The van der Waals surface area contributed by atoms with Crippen LogP contribution < -0.4 is 5.32 Å². The van der Waals surface area contributed by atoms with Crippen LogP contribution in [0.2, 0.25) is 0 Å². The van der Waals surface area contributed by atoms with Crippen molar-refractivity contribution in [2.45, 2.75) is 118 Å². The van der Waals surface area contributed by atoms with E-state index in [4.69, 9.17) is 4.74 Å². The van der Waals surface area contributed by atoms with Gasteiger partial charge in [-0.25, -0.2) is 4.79 Å². The Balaban J connectivity index is 1.81. The minimum absolute atomic E-state index is 0.0476. The van der Waals surface area contributed by atoms with Crippen molar-refractivity contribution in [1.82, 2.24) is 5.32 Å². The third-order valence-electron chi connectivity index (χ3n) is 8.32. The topological polar surface area (TPSA) is 92.7 Å². The lowest BCUT2D eigenvalue weighted by Crippen LogP contribution is -2.43. The van der Waals surface area contributed by atoms with Crippen LogP contribution in [0.1, 0.15) is 128 Å². The highest BCUT2D eigenvalue weighted by Crippen LogP contribution is 2.22. The number of carboxylic acid groups (broad SMARTS) is 1. The maximum atomic E-state index is 12.9. The predicted octanol–water partition coefficient (Wildman–Crippen LogP) is 10.8. The van der Waals surface area contributed by atoms with E-state index in [2.05, 4.69) is 70.3 Å². The van der Waals surface area contributed by atoms with Crippen LogP contribution in [0.4, 0.5) is 0 Å². The van der Waals surface area contributed by atoms with Gasteiger partial charge in [-0.05, 0) is 117 Å². The van der Waals surface area contributed by atoms with Gasteiger partial charge in [-0.15, -0.1) is 0 Å². The van der Waals surface area contributed by atoms with Gasteiger partial charge in [0.2, 0.25) is 6.10 Å². The van der Waals surface area contributed by atoms with Crippen LogP contribution in [0.15, 0.2) is 119 Å². The highest BCUT2D eigenvalue weighted by molar-refractivity contribution is 5.95. The molecule has 0 saturated carbocycles. The number of ether oxygens (including phenoxy) is 1. The molecule has 0 aliphatic heterocycles. The van der Waals surface area contributed by atoms with Crippen molar-refractivity contribution in [3.8, 4) is 0 Å². The zero-order chi connectivity index (χ0) is 36.0. The van der Waals surface area contributed by atoms with Gasteiger partial charge in [0.1, 0.15) is 6.04 Å². The molecule has 2 aromatic rings. The molecule has 0 saturated heterocycles. The molecule has 0 aromatic heterocycles. The van der Waals surface area contributed by atoms with E-state index in [0.29, 0.717) is 17.5 Å². The van der Waals surface area contributed by atoms with Crippen LogP contribution >= 0.6 is 0 Å². The van der Waals surface area contributed by atoms with Crippen LogP contribution in [0, 0.1) is 0 Å². The van der Waals surface area contributed by atoms with Crippen LogP contribution in [0.25, 0.3) is 0 Å². The number of unbranched alkanes of at least 4 members (excludes halogenated alkanes) is 1. The second-order valence-corrected chi connectivity index (χ2v) is 13.2. The van der Waals surface area contributed by atoms with Crippen molar-refractivity contribution >= 4 is 17.8 Å². The van der Waals surface area contributed by atoms with E-state index in [1.807, 2.05) is 6.92 Å². The van der Waals surface area contributed by atoms with Gasteiger partial charge in [0.05, 0.1) is 0 Å². The van der Waals surface area contributed by atoms with E-state index in [9.17, 15) is 19.5 Å². The number of allylic oxidation sites excluding steroid dienone is 10. The molecule has 0 aliphatic rings. The molecule has 0 bridgehead atoms. The number of hydrogen-bond acceptors (Lipinski definition) is 4. The molecule has 49 heavy (non-hydrogen) atoms. The minimum atomic E-state index is -1.58. The molecule has 0 radical (unpaired) electrons. The van der Waals surface area contributed by atoms with Gasteiger partial charge in [0, 0.05) is 12.0 Å². The number of hydrogen-bond donors (Lipinski definition) is 2. The van der Waals surface area contributed by atoms with Gasteiger partial charge < -0.3 is 15.2 Å². The van der Waals surface area contributed by atoms with Crippen molar-refractivity contribution in [2.75, 3.05) is 0 Å². The summed E-state index contributed by atoms with van der Waals surface area (Å²) in [6.45, 7) is 12.9. The maximum absolute atomic E-state index is 12.9. The highest BCUT2D eigenvalue weighted by Gasteiger charge is 2.34. The number of nitrogens with one attached hydrogen (secondary N) is 1. The first-order chi connectivity index (χ1) is 23.5. The third-order valence-corrected chi connectivity index (χ3v) is 8.32. The first-order valence-corrected chi connectivity index (χ1v) is 17.5. The average molecular weight is 668 g/mol. The zero-order valence-corrected chi connectivity index (χ0v) is 30.5. The quantitative estimate of drug-likeness (QED) is 0.0785. The second-order valence-electron chi connectivity index (χ2n) is 13.2. The highest BCUT2D eigenvalue weighted by atomic mass is 16.6. The van der Waals surface area contributed by atoms with Gasteiger partial charge in [-0.1, -0.05) is 107 Å². The molecule has 2 rings (SSSR count). The van der Waals surface area contributed by atoms with Crippen molar-refractivity contribution in [3.63, 3.8) is 0 Å². The van der Waals surface area contributed by atoms with Crippen LogP contribution in [0.5, 0.6) is 0 Å². The largest absolute Gasteiger partial charge is 0.478 e. The summed E-state index contributed by atoms with van der Waals surface area (Å²) in [7, 11) is 0.